The molecule has 0 saturated carbocycles. The predicted molar refractivity (Wildman–Crippen MR) is 162 cm³/mol. The van der Waals surface area contributed by atoms with Gasteiger partial charge in [0.15, 0.2) is 0 Å². The second-order valence-corrected chi connectivity index (χ2v) is 4.00. The van der Waals surface area contributed by atoms with Crippen molar-refractivity contribution in [3.8, 4) is 0 Å². The molecule has 4 nitrogen and oxygen atoms in total. The van der Waals surface area contributed by atoms with Crippen LogP contribution in [0.3, 0.4) is 0 Å². The molecule has 0 heterocycles. The average Bonchev–Trinajstić information content (AvgIpc) is 2.65. The Morgan fingerprint density at radius 3 is 0.743 bits per heavy atom. The molecule has 0 bridgehead atoms. The third-order valence-electron chi connectivity index (χ3n) is 2.07. The summed E-state index contributed by atoms with van der Waals surface area (Å²) < 4.78 is 0. The summed E-state index contributed by atoms with van der Waals surface area (Å²) in [6, 6.07) is 20.1. The fraction of sp³-hybridized carbons (Fsp3) is 0.448. The molecule has 4 N–H and O–H groups in total. The van der Waals surface area contributed by atoms with Crippen LogP contribution in [0.1, 0.15) is 84.4 Å². The number of aliphatic hydroxyl groups is 4. The molecule has 2 aromatic rings. The molecule has 0 aromatic heterocycles. The summed E-state index contributed by atoms with van der Waals surface area (Å²) in [5.74, 6) is 0. The molecule has 0 fully saturated rings. The van der Waals surface area contributed by atoms with Crippen LogP contribution >= 0.6 is 0 Å². The summed E-state index contributed by atoms with van der Waals surface area (Å²) in [7, 11) is 0. The van der Waals surface area contributed by atoms with Crippen molar-refractivity contribution >= 4 is 12.2 Å². The van der Waals surface area contributed by atoms with Gasteiger partial charge >= 0.3 is 0 Å². The van der Waals surface area contributed by atoms with Crippen molar-refractivity contribution in [2.24, 2.45) is 0 Å². The van der Waals surface area contributed by atoms with Crippen LogP contribution in [0, 0.1) is 0 Å². The third-order valence-corrected chi connectivity index (χ3v) is 2.07. The van der Waals surface area contributed by atoms with Gasteiger partial charge in [-0.05, 0) is 25.0 Å². The van der Waals surface area contributed by atoms with E-state index in [-0.39, 0.29) is 138 Å². The summed E-state index contributed by atoms with van der Waals surface area (Å²) in [6.07, 6.45) is 3.67. The first-order valence-corrected chi connectivity index (χ1v) is 7.89. The van der Waals surface area contributed by atoms with E-state index in [4.69, 9.17) is 20.4 Å². The van der Waals surface area contributed by atoms with Crippen molar-refractivity contribution in [1.29, 1.82) is 0 Å². The van der Waals surface area contributed by atoms with Gasteiger partial charge in [0.2, 0.25) is 0 Å². The first-order valence-electron chi connectivity index (χ1n) is 7.89. The SMILES string of the molecule is C.C.C.C.C.C.C.C.C=Cc1ccccc1.C=Cc1ccccc1.CCO.CCO.OCO.[Y].[Y]. The Kier molecular flexibility index (Phi) is 201. The van der Waals surface area contributed by atoms with Crippen LogP contribution in [-0.4, -0.2) is 40.4 Å². The number of rotatable bonds is 2. The van der Waals surface area contributed by atoms with E-state index in [2.05, 4.69) is 13.2 Å². The quantitative estimate of drug-likeness (QED) is 0.245. The molecular formula is C29H64O4Y2. The smallest absolute Gasteiger partial charge is 0.140 e. The molecule has 0 amide bonds. The molecule has 0 aliphatic heterocycles. The zero-order valence-electron chi connectivity index (χ0n) is 16.4. The fourth-order valence-electron chi connectivity index (χ4n) is 1.18. The van der Waals surface area contributed by atoms with Crippen molar-refractivity contribution in [1.82, 2.24) is 0 Å². The Bertz CT molecular complexity index is 434. The van der Waals surface area contributed by atoms with E-state index >= 15 is 0 Å². The second kappa shape index (κ2) is 84.0. The Labute approximate surface area is 273 Å². The number of aliphatic hydroxyl groups excluding tert-OH is 3. The summed E-state index contributed by atoms with van der Waals surface area (Å²) in [5, 5.41) is 29.4. The Morgan fingerprint density at radius 2 is 0.657 bits per heavy atom. The van der Waals surface area contributed by atoms with Gasteiger partial charge in [0.05, 0.1) is 0 Å². The van der Waals surface area contributed by atoms with E-state index in [0.717, 1.165) is 0 Å². The fourth-order valence-corrected chi connectivity index (χ4v) is 1.18. The van der Waals surface area contributed by atoms with Gasteiger partial charge in [-0.3, -0.25) is 0 Å². The topological polar surface area (TPSA) is 80.9 Å². The standard InChI is InChI=1S/2C8H8.2C2H6O.CH4O2.8CH4.2Y/c2*1-2-8-6-4-3-5-7-8;2*1-2-3;2-1-3;;;;;;;;;;/h2*2-7H,1H2;2*3H,2H2,1H3;2-3H,1H2;8*1H4;;. The van der Waals surface area contributed by atoms with E-state index < -0.39 is 6.79 Å². The zero-order chi connectivity index (χ0) is 19.8. The minimum atomic E-state index is -0.750. The third kappa shape index (κ3) is 87.1. The Balaban J connectivity index is -0.0000000156. The van der Waals surface area contributed by atoms with Gasteiger partial charge in [0.25, 0.3) is 0 Å². The van der Waals surface area contributed by atoms with Crippen LogP contribution < -0.4 is 0 Å². The van der Waals surface area contributed by atoms with Crippen molar-refractivity contribution in [3.05, 3.63) is 84.9 Å². The van der Waals surface area contributed by atoms with Crippen LogP contribution in [0.2, 0.25) is 0 Å². The van der Waals surface area contributed by atoms with Crippen LogP contribution in [0.25, 0.3) is 12.2 Å². The Hall–Kier alpha value is -0.0322. The van der Waals surface area contributed by atoms with Crippen LogP contribution in [0.5, 0.6) is 0 Å². The molecule has 0 spiro atoms. The average molecular weight is 655 g/mol. The van der Waals surface area contributed by atoms with Crippen LogP contribution in [0.4, 0.5) is 0 Å². The molecule has 0 aliphatic rings. The molecule has 0 atom stereocenters. The molecule has 0 unspecified atom stereocenters. The van der Waals surface area contributed by atoms with Crippen molar-refractivity contribution in [2.75, 3.05) is 20.0 Å². The molecule has 210 valence electrons. The van der Waals surface area contributed by atoms with Gasteiger partial charge in [0, 0.05) is 78.6 Å². The molecule has 6 heteroatoms. The first kappa shape index (κ1) is 83.6. The maximum absolute atomic E-state index is 7.57. The van der Waals surface area contributed by atoms with Gasteiger partial charge in [0.1, 0.15) is 6.79 Å². The molecule has 0 saturated heterocycles. The predicted octanol–water partition coefficient (Wildman–Crippen LogP) is 8.67. The normalized spacial score (nSPS) is 5.43. The van der Waals surface area contributed by atoms with Crippen LogP contribution in [-0.2, 0) is 65.4 Å². The second-order valence-electron chi connectivity index (χ2n) is 4.00. The van der Waals surface area contributed by atoms with Gasteiger partial charge < -0.3 is 20.4 Å². The molecular weight excluding hydrogens is 590 g/mol. The minimum absolute atomic E-state index is 0. The van der Waals surface area contributed by atoms with Crippen LogP contribution in [0.15, 0.2) is 73.8 Å². The maximum Gasteiger partial charge on any atom is 0.140 e. The molecule has 2 radical (unpaired) electrons. The summed E-state index contributed by atoms with van der Waals surface area (Å²) in [5.41, 5.74) is 2.35. The largest absolute Gasteiger partial charge is 0.397 e. The van der Waals surface area contributed by atoms with Crippen molar-refractivity contribution in [2.45, 2.75) is 73.3 Å². The van der Waals surface area contributed by atoms with E-state index in [0.29, 0.717) is 0 Å². The monoisotopic (exact) mass is 654 g/mol. The van der Waals surface area contributed by atoms with E-state index in [1.165, 1.54) is 11.1 Å². The molecule has 35 heavy (non-hydrogen) atoms. The van der Waals surface area contributed by atoms with E-state index in [9.17, 15) is 0 Å². The molecule has 2 rings (SSSR count). The van der Waals surface area contributed by atoms with Crippen molar-refractivity contribution in [3.63, 3.8) is 0 Å². The molecule has 2 aromatic carbocycles. The van der Waals surface area contributed by atoms with E-state index in [1.807, 2.05) is 72.8 Å². The Morgan fingerprint density at radius 1 is 0.514 bits per heavy atom. The maximum atomic E-state index is 7.57. The van der Waals surface area contributed by atoms with Gasteiger partial charge in [-0.1, -0.05) is 145 Å². The number of hydrogen-bond donors (Lipinski definition) is 4. The van der Waals surface area contributed by atoms with Gasteiger partial charge in [-0.2, -0.15) is 0 Å². The summed E-state index contributed by atoms with van der Waals surface area (Å²) in [4.78, 5) is 0. The van der Waals surface area contributed by atoms with Gasteiger partial charge in [-0.25, -0.2) is 0 Å². The minimum Gasteiger partial charge on any atom is -0.397 e. The number of benzene rings is 2. The van der Waals surface area contributed by atoms with Crippen molar-refractivity contribution < 1.29 is 85.8 Å². The summed E-state index contributed by atoms with van der Waals surface area (Å²) in [6.45, 7) is 10.4. The van der Waals surface area contributed by atoms with E-state index in [1.54, 1.807) is 13.8 Å². The van der Waals surface area contributed by atoms with Gasteiger partial charge in [-0.15, -0.1) is 0 Å². The zero-order valence-corrected chi connectivity index (χ0v) is 22.1. The molecule has 0 aliphatic carbocycles. The number of hydrogen-bond acceptors (Lipinski definition) is 4. The first-order chi connectivity index (χ1) is 12.1. The summed E-state index contributed by atoms with van der Waals surface area (Å²) >= 11 is 0.